The smallest absolute Gasteiger partial charge is 0.241 e. The minimum atomic E-state index is -0.489. The number of hydrogen-bond acceptors (Lipinski definition) is 3. The van der Waals surface area contributed by atoms with Crippen molar-refractivity contribution in [3.05, 3.63) is 36.5 Å². The van der Waals surface area contributed by atoms with Crippen LogP contribution in [0.4, 0.5) is 5.69 Å². The average molecular weight is 257 g/mol. The Morgan fingerprint density at radius 2 is 2.16 bits per heavy atom. The fraction of sp³-hybridized carbons (Fsp3) is 0.333. The van der Waals surface area contributed by atoms with Crippen molar-refractivity contribution in [1.29, 1.82) is 0 Å². The van der Waals surface area contributed by atoms with Gasteiger partial charge in [0.05, 0.1) is 17.2 Å². The maximum atomic E-state index is 12.1. The molecule has 0 spiro atoms. The number of benzene rings is 1. The van der Waals surface area contributed by atoms with Crippen molar-refractivity contribution >= 4 is 22.5 Å². The van der Waals surface area contributed by atoms with Gasteiger partial charge in [-0.25, -0.2) is 0 Å². The molecular weight excluding hydrogens is 238 g/mol. The van der Waals surface area contributed by atoms with Crippen molar-refractivity contribution in [3.63, 3.8) is 0 Å². The molecule has 0 aliphatic carbocycles. The summed E-state index contributed by atoms with van der Waals surface area (Å²) in [6, 6.07) is 8.96. The molecule has 0 aliphatic heterocycles. The molecule has 3 N–H and O–H groups in total. The zero-order valence-corrected chi connectivity index (χ0v) is 11.3. The molecule has 2 rings (SSSR count). The molecule has 19 heavy (non-hydrogen) atoms. The lowest BCUT2D eigenvalue weighted by Crippen LogP contribution is -2.40. The van der Waals surface area contributed by atoms with Gasteiger partial charge in [-0.05, 0) is 30.2 Å². The zero-order chi connectivity index (χ0) is 13.8. The molecule has 0 radical (unpaired) electrons. The standard InChI is InChI=1S/C15H19N3O/c1-3-10(2)14(16)15(19)18-13-8-4-7-12-11(13)6-5-9-17-12/h4-10,14H,3,16H2,1-2H3,(H,18,19)/t10?,14-/m0/s1. The van der Waals surface area contributed by atoms with Crippen LogP contribution in [0.3, 0.4) is 0 Å². The Morgan fingerprint density at radius 1 is 1.37 bits per heavy atom. The first-order valence-corrected chi connectivity index (χ1v) is 6.53. The normalized spacial score (nSPS) is 14.1. The van der Waals surface area contributed by atoms with Crippen LogP contribution in [0.25, 0.3) is 10.9 Å². The largest absolute Gasteiger partial charge is 0.324 e. The van der Waals surface area contributed by atoms with Crippen LogP contribution >= 0.6 is 0 Å². The summed E-state index contributed by atoms with van der Waals surface area (Å²) >= 11 is 0. The summed E-state index contributed by atoms with van der Waals surface area (Å²) in [6.45, 7) is 4.01. The van der Waals surface area contributed by atoms with Crippen molar-refractivity contribution in [3.8, 4) is 0 Å². The molecule has 1 heterocycles. The van der Waals surface area contributed by atoms with Crippen molar-refractivity contribution in [1.82, 2.24) is 4.98 Å². The van der Waals surface area contributed by atoms with E-state index in [2.05, 4.69) is 10.3 Å². The van der Waals surface area contributed by atoms with Crippen molar-refractivity contribution < 1.29 is 4.79 Å². The number of carbonyl (C=O) groups excluding carboxylic acids is 1. The van der Waals surface area contributed by atoms with Gasteiger partial charge in [0.15, 0.2) is 0 Å². The highest BCUT2D eigenvalue weighted by atomic mass is 16.2. The van der Waals surface area contributed by atoms with Gasteiger partial charge in [0.2, 0.25) is 5.91 Å². The van der Waals surface area contributed by atoms with Gasteiger partial charge in [-0.1, -0.05) is 26.3 Å². The van der Waals surface area contributed by atoms with E-state index in [1.54, 1.807) is 6.20 Å². The summed E-state index contributed by atoms with van der Waals surface area (Å²) in [5.41, 5.74) is 7.55. The molecule has 1 aromatic heterocycles. The predicted octanol–water partition coefficient (Wildman–Crippen LogP) is 2.55. The Labute approximate surface area is 113 Å². The number of nitrogens with zero attached hydrogens (tertiary/aromatic N) is 1. The first-order chi connectivity index (χ1) is 9.13. The first-order valence-electron chi connectivity index (χ1n) is 6.53. The molecule has 0 bridgehead atoms. The lowest BCUT2D eigenvalue weighted by atomic mass is 9.99. The van der Waals surface area contributed by atoms with Crippen LogP contribution in [0.5, 0.6) is 0 Å². The number of fused-ring (bicyclic) bond motifs is 1. The van der Waals surface area contributed by atoms with Crippen molar-refractivity contribution in [2.75, 3.05) is 5.32 Å². The van der Waals surface area contributed by atoms with Crippen LogP contribution in [0, 0.1) is 5.92 Å². The van der Waals surface area contributed by atoms with E-state index >= 15 is 0 Å². The number of hydrogen-bond donors (Lipinski definition) is 2. The van der Waals surface area contributed by atoms with E-state index in [0.717, 1.165) is 23.0 Å². The summed E-state index contributed by atoms with van der Waals surface area (Å²) in [6.07, 6.45) is 2.62. The molecule has 0 aliphatic rings. The number of nitrogens with one attached hydrogen (secondary N) is 1. The second-order valence-electron chi connectivity index (χ2n) is 4.78. The summed E-state index contributed by atoms with van der Waals surface area (Å²) in [5, 5.41) is 3.82. The Morgan fingerprint density at radius 3 is 2.89 bits per heavy atom. The second-order valence-corrected chi connectivity index (χ2v) is 4.78. The fourth-order valence-corrected chi connectivity index (χ4v) is 1.94. The van der Waals surface area contributed by atoms with Crippen LogP contribution < -0.4 is 11.1 Å². The van der Waals surface area contributed by atoms with E-state index in [4.69, 9.17) is 5.73 Å². The maximum absolute atomic E-state index is 12.1. The number of pyridine rings is 1. The number of carbonyl (C=O) groups is 1. The third kappa shape index (κ3) is 2.90. The van der Waals surface area contributed by atoms with E-state index in [1.165, 1.54) is 0 Å². The molecule has 0 saturated carbocycles. The molecule has 4 heteroatoms. The lowest BCUT2D eigenvalue weighted by molar-refractivity contribution is -0.118. The molecule has 2 aromatic rings. The minimum absolute atomic E-state index is 0.147. The van der Waals surface area contributed by atoms with Gasteiger partial charge in [0.25, 0.3) is 0 Å². The predicted molar refractivity (Wildman–Crippen MR) is 77.8 cm³/mol. The van der Waals surface area contributed by atoms with Gasteiger partial charge < -0.3 is 11.1 Å². The molecular formula is C15H19N3O. The molecule has 1 aromatic carbocycles. The van der Waals surface area contributed by atoms with E-state index in [9.17, 15) is 4.79 Å². The Bertz CT molecular complexity index is 577. The first kappa shape index (κ1) is 13.5. The topological polar surface area (TPSA) is 68.0 Å². The highest BCUT2D eigenvalue weighted by Gasteiger charge is 2.19. The quantitative estimate of drug-likeness (QED) is 0.884. The highest BCUT2D eigenvalue weighted by molar-refractivity contribution is 6.02. The van der Waals surface area contributed by atoms with Gasteiger partial charge in [-0.3, -0.25) is 9.78 Å². The number of nitrogens with two attached hydrogens (primary N) is 1. The molecule has 100 valence electrons. The Kier molecular flexibility index (Phi) is 4.12. The third-order valence-electron chi connectivity index (χ3n) is 3.46. The summed E-state index contributed by atoms with van der Waals surface area (Å²) in [5.74, 6) is 0.0128. The second kappa shape index (κ2) is 5.80. The SMILES string of the molecule is CCC(C)[C@H](N)C(=O)Nc1cccc2ncccc12. The number of aromatic nitrogens is 1. The minimum Gasteiger partial charge on any atom is -0.324 e. The molecule has 0 saturated heterocycles. The number of anilines is 1. The maximum Gasteiger partial charge on any atom is 0.241 e. The van der Waals surface area contributed by atoms with E-state index in [1.807, 2.05) is 44.2 Å². The van der Waals surface area contributed by atoms with Crippen molar-refractivity contribution in [2.24, 2.45) is 11.7 Å². The molecule has 2 atom stereocenters. The van der Waals surface area contributed by atoms with Gasteiger partial charge in [-0.2, -0.15) is 0 Å². The van der Waals surface area contributed by atoms with Crippen LogP contribution in [0.15, 0.2) is 36.5 Å². The van der Waals surface area contributed by atoms with E-state index in [0.29, 0.717) is 0 Å². The number of amides is 1. The van der Waals surface area contributed by atoms with Crippen LogP contribution in [0.1, 0.15) is 20.3 Å². The monoisotopic (exact) mass is 257 g/mol. The fourth-order valence-electron chi connectivity index (χ4n) is 1.94. The lowest BCUT2D eigenvalue weighted by Gasteiger charge is -2.18. The molecule has 1 amide bonds. The molecule has 4 nitrogen and oxygen atoms in total. The average Bonchev–Trinajstić information content (AvgIpc) is 2.46. The van der Waals surface area contributed by atoms with Gasteiger partial charge >= 0.3 is 0 Å². The van der Waals surface area contributed by atoms with Crippen LogP contribution in [0.2, 0.25) is 0 Å². The summed E-state index contributed by atoms with van der Waals surface area (Å²) < 4.78 is 0. The zero-order valence-electron chi connectivity index (χ0n) is 11.3. The van der Waals surface area contributed by atoms with Gasteiger partial charge in [0.1, 0.15) is 0 Å². The summed E-state index contributed by atoms with van der Waals surface area (Å²) in [4.78, 5) is 16.4. The third-order valence-corrected chi connectivity index (χ3v) is 3.46. The molecule has 0 fully saturated rings. The number of rotatable bonds is 4. The summed E-state index contributed by atoms with van der Waals surface area (Å²) in [7, 11) is 0. The Hall–Kier alpha value is -1.94. The van der Waals surface area contributed by atoms with Gasteiger partial charge in [-0.15, -0.1) is 0 Å². The van der Waals surface area contributed by atoms with Crippen molar-refractivity contribution in [2.45, 2.75) is 26.3 Å². The van der Waals surface area contributed by atoms with E-state index < -0.39 is 6.04 Å². The van der Waals surface area contributed by atoms with E-state index in [-0.39, 0.29) is 11.8 Å². The van der Waals surface area contributed by atoms with Gasteiger partial charge in [0, 0.05) is 11.6 Å². The van der Waals surface area contributed by atoms with Crippen LogP contribution in [-0.2, 0) is 4.79 Å². The Balaban J connectivity index is 2.24. The molecule has 1 unspecified atom stereocenters. The van der Waals surface area contributed by atoms with Crippen LogP contribution in [-0.4, -0.2) is 16.9 Å². The highest BCUT2D eigenvalue weighted by Crippen LogP contribution is 2.21.